The van der Waals surface area contributed by atoms with E-state index in [2.05, 4.69) is 30.7 Å². The maximum Gasteiger partial charge on any atom is 0.329 e. The second-order valence-electron chi connectivity index (χ2n) is 5.41. The Kier molecular flexibility index (Phi) is 3.55. The first-order chi connectivity index (χ1) is 8.90. The number of aromatic nitrogens is 2. The normalized spacial score (nSPS) is 27.3. The molecule has 0 saturated carbocycles. The van der Waals surface area contributed by atoms with Crippen molar-refractivity contribution >= 4 is 17.5 Å². The molecule has 19 heavy (non-hydrogen) atoms. The van der Waals surface area contributed by atoms with Gasteiger partial charge in [-0.3, -0.25) is 10.1 Å². The van der Waals surface area contributed by atoms with Crippen molar-refractivity contribution in [3.8, 4) is 0 Å². The summed E-state index contributed by atoms with van der Waals surface area (Å²) in [6.45, 7) is 7.12. The molecule has 0 spiro atoms. The predicted molar refractivity (Wildman–Crippen MR) is 72.9 cm³/mol. The van der Waals surface area contributed by atoms with Crippen LogP contribution in [0.3, 0.4) is 0 Å². The van der Waals surface area contributed by atoms with Gasteiger partial charge < -0.3 is 10.6 Å². The Morgan fingerprint density at radius 2 is 2.16 bits per heavy atom. The van der Waals surface area contributed by atoms with Gasteiger partial charge in [-0.1, -0.05) is 13.8 Å². The molecule has 1 fully saturated rings. The van der Waals surface area contributed by atoms with Crippen molar-refractivity contribution in [2.75, 3.05) is 17.2 Å². The van der Waals surface area contributed by atoms with E-state index >= 15 is 0 Å². The molecule has 7 nitrogen and oxygen atoms in total. The van der Waals surface area contributed by atoms with Crippen molar-refractivity contribution in [2.24, 2.45) is 11.8 Å². The minimum atomic E-state index is -0.453. The third-order valence-electron chi connectivity index (χ3n) is 3.84. The summed E-state index contributed by atoms with van der Waals surface area (Å²) >= 11 is 0. The first-order valence-corrected chi connectivity index (χ1v) is 6.43. The molecule has 1 aliphatic rings. The summed E-state index contributed by atoms with van der Waals surface area (Å²) in [5.74, 6) is 1.34. The van der Waals surface area contributed by atoms with Crippen molar-refractivity contribution in [1.29, 1.82) is 0 Å². The van der Waals surface area contributed by atoms with Gasteiger partial charge in [-0.25, -0.2) is 4.98 Å². The van der Waals surface area contributed by atoms with E-state index in [0.717, 1.165) is 13.0 Å². The minimum absolute atomic E-state index is 0.0682. The SMILES string of the molecule is CC1CC(C)C(C)N(c2nc(N)ncc2[N+](=O)[O-])C1. The highest BCUT2D eigenvalue weighted by Gasteiger charge is 2.33. The Balaban J connectivity index is 2.44. The van der Waals surface area contributed by atoms with Gasteiger partial charge >= 0.3 is 5.69 Å². The Labute approximate surface area is 112 Å². The molecule has 0 bridgehead atoms. The van der Waals surface area contributed by atoms with E-state index < -0.39 is 4.92 Å². The van der Waals surface area contributed by atoms with E-state index in [1.54, 1.807) is 0 Å². The third kappa shape index (κ3) is 2.59. The third-order valence-corrected chi connectivity index (χ3v) is 3.84. The number of piperidine rings is 1. The van der Waals surface area contributed by atoms with Crippen LogP contribution in [0.25, 0.3) is 0 Å². The van der Waals surface area contributed by atoms with Crippen molar-refractivity contribution in [2.45, 2.75) is 33.2 Å². The van der Waals surface area contributed by atoms with Gasteiger partial charge in [0.1, 0.15) is 6.20 Å². The standard InChI is InChI=1S/C12H19N5O2/c1-7-4-8(2)9(3)16(6-7)11-10(17(18)19)5-14-12(13)15-11/h5,7-9H,4,6H2,1-3H3,(H2,13,14,15). The predicted octanol–water partition coefficient (Wildman–Crippen LogP) is 1.84. The lowest BCUT2D eigenvalue weighted by Crippen LogP contribution is -2.46. The van der Waals surface area contributed by atoms with Crippen LogP contribution < -0.4 is 10.6 Å². The Morgan fingerprint density at radius 1 is 1.47 bits per heavy atom. The zero-order valence-corrected chi connectivity index (χ0v) is 11.4. The molecular weight excluding hydrogens is 246 g/mol. The van der Waals surface area contributed by atoms with Crippen LogP contribution in [0.4, 0.5) is 17.5 Å². The van der Waals surface area contributed by atoms with Crippen molar-refractivity contribution in [1.82, 2.24) is 9.97 Å². The fourth-order valence-corrected chi connectivity index (χ4v) is 2.71. The van der Waals surface area contributed by atoms with Gasteiger partial charge in [0.25, 0.3) is 0 Å². The molecule has 1 aliphatic heterocycles. The Morgan fingerprint density at radius 3 is 2.79 bits per heavy atom. The van der Waals surface area contributed by atoms with E-state index in [1.165, 1.54) is 6.20 Å². The summed E-state index contributed by atoms with van der Waals surface area (Å²) in [4.78, 5) is 20.4. The zero-order valence-electron chi connectivity index (χ0n) is 11.4. The fourth-order valence-electron chi connectivity index (χ4n) is 2.71. The number of nitrogen functional groups attached to an aromatic ring is 1. The van der Waals surface area contributed by atoms with Crippen LogP contribution in [0.2, 0.25) is 0 Å². The van der Waals surface area contributed by atoms with Gasteiger partial charge in [-0.15, -0.1) is 0 Å². The lowest BCUT2D eigenvalue weighted by molar-refractivity contribution is -0.384. The van der Waals surface area contributed by atoms with Crippen molar-refractivity contribution in [3.63, 3.8) is 0 Å². The smallest absolute Gasteiger partial charge is 0.329 e. The van der Waals surface area contributed by atoms with E-state index in [4.69, 9.17) is 5.73 Å². The molecular formula is C12H19N5O2. The number of hydrogen-bond acceptors (Lipinski definition) is 6. The average molecular weight is 265 g/mol. The molecule has 0 radical (unpaired) electrons. The van der Waals surface area contributed by atoms with E-state index in [0.29, 0.717) is 17.7 Å². The molecule has 7 heteroatoms. The van der Waals surface area contributed by atoms with Gasteiger partial charge in [0.05, 0.1) is 4.92 Å². The van der Waals surface area contributed by atoms with Crippen LogP contribution in [0.1, 0.15) is 27.2 Å². The van der Waals surface area contributed by atoms with Crippen LogP contribution in [0.15, 0.2) is 6.20 Å². The van der Waals surface area contributed by atoms with E-state index in [9.17, 15) is 10.1 Å². The summed E-state index contributed by atoms with van der Waals surface area (Å²) in [6.07, 6.45) is 2.31. The molecule has 0 aromatic carbocycles. The molecule has 0 amide bonds. The molecule has 0 aliphatic carbocycles. The minimum Gasteiger partial charge on any atom is -0.368 e. The molecule has 3 unspecified atom stereocenters. The molecule has 1 aromatic rings. The lowest BCUT2D eigenvalue weighted by atomic mass is 9.86. The molecule has 2 heterocycles. The highest BCUT2D eigenvalue weighted by Crippen LogP contribution is 2.34. The van der Waals surface area contributed by atoms with Crippen LogP contribution in [0, 0.1) is 22.0 Å². The summed E-state index contributed by atoms with van der Waals surface area (Å²) in [5, 5.41) is 11.1. The van der Waals surface area contributed by atoms with Crippen LogP contribution in [0.5, 0.6) is 0 Å². The summed E-state index contributed by atoms with van der Waals surface area (Å²) in [5.41, 5.74) is 5.50. The number of nitro groups is 1. The van der Waals surface area contributed by atoms with Gasteiger partial charge in [-0.2, -0.15) is 4.98 Å². The Bertz CT molecular complexity index is 493. The fraction of sp³-hybridized carbons (Fsp3) is 0.667. The monoisotopic (exact) mass is 265 g/mol. The van der Waals surface area contributed by atoms with Crippen LogP contribution in [-0.2, 0) is 0 Å². The zero-order chi connectivity index (χ0) is 14.2. The first kappa shape index (κ1) is 13.5. The molecule has 1 saturated heterocycles. The number of rotatable bonds is 2. The average Bonchev–Trinajstić information content (AvgIpc) is 2.33. The van der Waals surface area contributed by atoms with Gasteiger partial charge in [0.15, 0.2) is 0 Å². The second kappa shape index (κ2) is 4.99. The van der Waals surface area contributed by atoms with Crippen molar-refractivity contribution < 1.29 is 4.92 Å². The summed E-state index contributed by atoms with van der Waals surface area (Å²) in [6, 6.07) is 0.198. The number of hydrogen-bond donors (Lipinski definition) is 1. The molecule has 104 valence electrons. The van der Waals surface area contributed by atoms with E-state index in [1.807, 2.05) is 4.90 Å². The molecule has 2 rings (SSSR count). The van der Waals surface area contributed by atoms with Crippen LogP contribution >= 0.6 is 0 Å². The molecule has 1 aromatic heterocycles. The lowest BCUT2D eigenvalue weighted by Gasteiger charge is -2.41. The van der Waals surface area contributed by atoms with Gasteiger partial charge in [0, 0.05) is 12.6 Å². The highest BCUT2D eigenvalue weighted by atomic mass is 16.6. The topological polar surface area (TPSA) is 98.2 Å². The van der Waals surface area contributed by atoms with Gasteiger partial charge in [-0.05, 0) is 25.2 Å². The van der Waals surface area contributed by atoms with Crippen LogP contribution in [-0.4, -0.2) is 27.5 Å². The summed E-state index contributed by atoms with van der Waals surface area (Å²) < 4.78 is 0. The Hall–Kier alpha value is -1.92. The molecule has 3 atom stereocenters. The quantitative estimate of drug-likeness (QED) is 0.647. The van der Waals surface area contributed by atoms with Crippen molar-refractivity contribution in [3.05, 3.63) is 16.3 Å². The summed E-state index contributed by atoms with van der Waals surface area (Å²) in [7, 11) is 0. The largest absolute Gasteiger partial charge is 0.368 e. The highest BCUT2D eigenvalue weighted by molar-refractivity contribution is 5.59. The molecule has 2 N–H and O–H groups in total. The second-order valence-corrected chi connectivity index (χ2v) is 5.41. The first-order valence-electron chi connectivity index (χ1n) is 6.43. The number of nitrogens with two attached hydrogens (primary N) is 1. The maximum atomic E-state index is 11.1. The maximum absolute atomic E-state index is 11.1. The van der Waals surface area contributed by atoms with E-state index in [-0.39, 0.29) is 17.7 Å². The number of anilines is 2. The van der Waals surface area contributed by atoms with Gasteiger partial charge in [0.2, 0.25) is 11.8 Å². The number of nitrogens with zero attached hydrogens (tertiary/aromatic N) is 4.